The lowest BCUT2D eigenvalue weighted by molar-refractivity contribution is 0.0623. The maximum absolute atomic E-state index is 12.6. The van der Waals surface area contributed by atoms with E-state index in [1.165, 1.54) is 0 Å². The largest absolute Gasteiger partial charge is 0.334 e. The minimum atomic E-state index is -3.21. The third-order valence-corrected chi connectivity index (χ3v) is 5.58. The van der Waals surface area contributed by atoms with Crippen LogP contribution in [0.3, 0.4) is 0 Å². The van der Waals surface area contributed by atoms with Crippen LogP contribution >= 0.6 is 12.4 Å². The molecule has 8 heteroatoms. The number of nitrogens with one attached hydrogen (secondary N) is 1. The molecule has 1 aliphatic heterocycles. The van der Waals surface area contributed by atoms with Crippen molar-refractivity contribution < 1.29 is 13.2 Å². The summed E-state index contributed by atoms with van der Waals surface area (Å²) in [4.78, 5) is 14.5. The number of nitrogens with zero attached hydrogens (tertiary/aromatic N) is 1. The van der Waals surface area contributed by atoms with Crippen LogP contribution < -0.4 is 10.5 Å². The van der Waals surface area contributed by atoms with Gasteiger partial charge in [-0.05, 0) is 43.9 Å². The molecule has 0 aliphatic carbocycles. The molecule has 1 unspecified atom stereocenters. The molecule has 1 atom stereocenters. The van der Waals surface area contributed by atoms with Crippen LogP contribution in [0.1, 0.15) is 42.1 Å². The molecule has 6 nitrogen and oxygen atoms in total. The molecule has 0 bridgehead atoms. The van der Waals surface area contributed by atoms with Crippen LogP contribution in [-0.4, -0.2) is 44.1 Å². The summed E-state index contributed by atoms with van der Waals surface area (Å²) in [5.74, 6) is 0.0553. The van der Waals surface area contributed by atoms with Gasteiger partial charge >= 0.3 is 0 Å². The van der Waals surface area contributed by atoms with Crippen LogP contribution in [0, 0.1) is 0 Å². The fourth-order valence-electron chi connectivity index (χ4n) is 2.74. The number of nitrogens with two attached hydrogens (primary N) is 1. The van der Waals surface area contributed by atoms with Crippen molar-refractivity contribution in [3.8, 4) is 0 Å². The second-order valence-corrected chi connectivity index (χ2v) is 7.90. The maximum atomic E-state index is 12.6. The van der Waals surface area contributed by atoms with Crippen molar-refractivity contribution in [2.75, 3.05) is 18.8 Å². The highest BCUT2D eigenvalue weighted by atomic mass is 35.5. The predicted molar refractivity (Wildman–Crippen MR) is 97.7 cm³/mol. The molecule has 136 valence electrons. The molecule has 0 aromatic heterocycles. The Balaban J connectivity index is 0.00000288. The van der Waals surface area contributed by atoms with Gasteiger partial charge in [0.05, 0.1) is 5.75 Å². The predicted octanol–water partition coefficient (Wildman–Crippen LogP) is 1.50. The highest BCUT2D eigenvalue weighted by Crippen LogP contribution is 2.19. The minimum Gasteiger partial charge on any atom is -0.334 e. The van der Waals surface area contributed by atoms with Gasteiger partial charge in [0.15, 0.2) is 0 Å². The molecule has 3 N–H and O–H groups in total. The Kier molecular flexibility index (Phi) is 8.15. The van der Waals surface area contributed by atoms with E-state index in [2.05, 4.69) is 4.72 Å². The van der Waals surface area contributed by atoms with Gasteiger partial charge in [-0.1, -0.05) is 12.1 Å². The SMILES string of the molecule is CCS(=O)(=O)NCc1ccc(C(=O)N2CCCCC2CN)cc1.Cl. The van der Waals surface area contributed by atoms with E-state index in [-0.39, 0.29) is 36.7 Å². The van der Waals surface area contributed by atoms with Crippen molar-refractivity contribution in [2.24, 2.45) is 5.73 Å². The molecule has 24 heavy (non-hydrogen) atoms. The van der Waals surface area contributed by atoms with Gasteiger partial charge in [-0.3, -0.25) is 4.79 Å². The second kappa shape index (κ2) is 9.36. The molecular weight excluding hydrogens is 350 g/mol. The van der Waals surface area contributed by atoms with Gasteiger partial charge in [-0.25, -0.2) is 13.1 Å². The van der Waals surface area contributed by atoms with Gasteiger partial charge in [0, 0.05) is 31.2 Å². The van der Waals surface area contributed by atoms with Gasteiger partial charge in [-0.2, -0.15) is 0 Å². The van der Waals surface area contributed by atoms with Crippen molar-refractivity contribution in [1.82, 2.24) is 9.62 Å². The van der Waals surface area contributed by atoms with Crippen molar-refractivity contribution in [1.29, 1.82) is 0 Å². The Hall–Kier alpha value is -1.15. The molecule has 1 aromatic rings. The molecule has 0 radical (unpaired) electrons. The second-order valence-electron chi connectivity index (χ2n) is 5.81. The number of hydrogen-bond acceptors (Lipinski definition) is 4. The first-order valence-corrected chi connectivity index (χ1v) is 9.69. The number of hydrogen-bond donors (Lipinski definition) is 2. The molecule has 1 aromatic carbocycles. The van der Waals surface area contributed by atoms with Crippen molar-refractivity contribution >= 4 is 28.3 Å². The summed E-state index contributed by atoms with van der Waals surface area (Å²) in [5, 5.41) is 0. The van der Waals surface area contributed by atoms with E-state index in [4.69, 9.17) is 5.73 Å². The number of piperidine rings is 1. The third-order valence-electron chi connectivity index (χ3n) is 4.24. The van der Waals surface area contributed by atoms with Crippen LogP contribution in [-0.2, 0) is 16.6 Å². The monoisotopic (exact) mass is 375 g/mol. The summed E-state index contributed by atoms with van der Waals surface area (Å²) in [6, 6.07) is 7.19. The van der Waals surface area contributed by atoms with Gasteiger partial charge in [0.2, 0.25) is 10.0 Å². The quantitative estimate of drug-likeness (QED) is 0.788. The Morgan fingerprint density at radius 3 is 2.54 bits per heavy atom. The van der Waals surface area contributed by atoms with E-state index in [9.17, 15) is 13.2 Å². The molecule has 0 saturated carbocycles. The molecule has 1 saturated heterocycles. The summed E-state index contributed by atoms with van der Waals surface area (Å²) in [7, 11) is -3.21. The van der Waals surface area contributed by atoms with Crippen LogP contribution in [0.25, 0.3) is 0 Å². The summed E-state index contributed by atoms with van der Waals surface area (Å²) < 4.78 is 25.4. The highest BCUT2D eigenvalue weighted by molar-refractivity contribution is 7.89. The van der Waals surface area contributed by atoms with Gasteiger partial charge in [0.1, 0.15) is 0 Å². The lowest BCUT2D eigenvalue weighted by atomic mass is 10.0. The standard InChI is InChI=1S/C16H25N3O3S.ClH/c1-2-23(21,22)18-12-13-6-8-14(9-7-13)16(20)19-10-4-3-5-15(19)11-17;/h6-9,15,18H,2-5,10-12,17H2,1H3;1H. The Bertz CT molecular complexity index is 634. The first-order valence-electron chi connectivity index (χ1n) is 8.04. The molecule has 2 rings (SSSR count). The first kappa shape index (κ1) is 20.9. The van der Waals surface area contributed by atoms with E-state index in [1.807, 2.05) is 4.90 Å². The number of rotatable bonds is 6. The van der Waals surface area contributed by atoms with E-state index in [0.29, 0.717) is 12.1 Å². The fourth-order valence-corrected chi connectivity index (χ4v) is 3.33. The zero-order chi connectivity index (χ0) is 16.9. The zero-order valence-electron chi connectivity index (χ0n) is 13.9. The summed E-state index contributed by atoms with van der Waals surface area (Å²) in [5.41, 5.74) is 7.21. The number of amides is 1. The first-order chi connectivity index (χ1) is 11.0. The molecular formula is C16H26ClN3O3S. The van der Waals surface area contributed by atoms with Crippen molar-refractivity contribution in [3.05, 3.63) is 35.4 Å². The third kappa shape index (κ3) is 5.44. The number of halogens is 1. The Morgan fingerprint density at radius 1 is 1.29 bits per heavy atom. The molecule has 0 spiro atoms. The highest BCUT2D eigenvalue weighted by Gasteiger charge is 2.26. The summed E-state index contributed by atoms with van der Waals surface area (Å²) >= 11 is 0. The van der Waals surface area contributed by atoms with Crippen LogP contribution in [0.2, 0.25) is 0 Å². The molecule has 1 fully saturated rings. The normalized spacial score (nSPS) is 18.1. The number of carbonyl (C=O) groups excluding carboxylic acids is 1. The number of likely N-dealkylation sites (tertiary alicyclic amines) is 1. The minimum absolute atomic E-state index is 0. The van der Waals surface area contributed by atoms with E-state index >= 15 is 0 Å². The van der Waals surface area contributed by atoms with Crippen LogP contribution in [0.5, 0.6) is 0 Å². The smallest absolute Gasteiger partial charge is 0.254 e. The van der Waals surface area contributed by atoms with Crippen molar-refractivity contribution in [3.63, 3.8) is 0 Å². The molecule has 1 aliphatic rings. The van der Waals surface area contributed by atoms with Gasteiger partial charge < -0.3 is 10.6 Å². The Morgan fingerprint density at radius 2 is 1.96 bits per heavy atom. The summed E-state index contributed by atoms with van der Waals surface area (Å²) in [6.07, 6.45) is 3.08. The van der Waals surface area contributed by atoms with Crippen LogP contribution in [0.15, 0.2) is 24.3 Å². The summed E-state index contributed by atoms with van der Waals surface area (Å²) in [6.45, 7) is 3.07. The lowest BCUT2D eigenvalue weighted by Gasteiger charge is -2.35. The van der Waals surface area contributed by atoms with E-state index in [1.54, 1.807) is 31.2 Å². The topological polar surface area (TPSA) is 92.5 Å². The van der Waals surface area contributed by atoms with Crippen molar-refractivity contribution in [2.45, 2.75) is 38.8 Å². The maximum Gasteiger partial charge on any atom is 0.254 e. The van der Waals surface area contributed by atoms with E-state index < -0.39 is 10.0 Å². The number of sulfonamides is 1. The van der Waals surface area contributed by atoms with Gasteiger partial charge in [0.25, 0.3) is 5.91 Å². The number of benzene rings is 1. The van der Waals surface area contributed by atoms with Gasteiger partial charge in [-0.15, -0.1) is 12.4 Å². The zero-order valence-corrected chi connectivity index (χ0v) is 15.5. The lowest BCUT2D eigenvalue weighted by Crippen LogP contribution is -2.47. The number of carbonyl (C=O) groups is 1. The van der Waals surface area contributed by atoms with E-state index in [0.717, 1.165) is 31.4 Å². The Labute approximate surface area is 150 Å². The fraction of sp³-hybridized carbons (Fsp3) is 0.562. The molecule has 1 amide bonds. The van der Waals surface area contributed by atoms with Crippen LogP contribution in [0.4, 0.5) is 0 Å². The molecule has 1 heterocycles. The average molecular weight is 376 g/mol. The average Bonchev–Trinajstić information content (AvgIpc) is 2.60.